The van der Waals surface area contributed by atoms with Crippen molar-refractivity contribution in [3.8, 4) is 0 Å². The Morgan fingerprint density at radius 3 is 2.48 bits per heavy atom. The van der Waals surface area contributed by atoms with Gasteiger partial charge in [-0.1, -0.05) is 6.92 Å². The summed E-state index contributed by atoms with van der Waals surface area (Å²) in [6, 6.07) is 0. The van der Waals surface area contributed by atoms with Crippen LogP contribution in [0.25, 0.3) is 0 Å². The van der Waals surface area contributed by atoms with Crippen LogP contribution in [0.3, 0.4) is 0 Å². The van der Waals surface area contributed by atoms with E-state index in [1.165, 1.54) is 45.3 Å². The zero-order valence-corrected chi connectivity index (χ0v) is 17.4. The summed E-state index contributed by atoms with van der Waals surface area (Å²) in [6.45, 7) is 10.2. The Balaban J connectivity index is 0.00000264. The van der Waals surface area contributed by atoms with Crippen LogP contribution in [0, 0.1) is 11.8 Å². The predicted molar refractivity (Wildman–Crippen MR) is 108 cm³/mol. The maximum absolute atomic E-state index is 5.28. The van der Waals surface area contributed by atoms with Gasteiger partial charge in [0.1, 0.15) is 0 Å². The maximum atomic E-state index is 5.28. The number of aliphatic imine (C=N–C) groups is 1. The third-order valence-corrected chi connectivity index (χ3v) is 5.00. The quantitative estimate of drug-likeness (QED) is 0.393. The van der Waals surface area contributed by atoms with Crippen molar-refractivity contribution in [2.45, 2.75) is 32.6 Å². The van der Waals surface area contributed by atoms with E-state index in [0.29, 0.717) is 5.92 Å². The van der Waals surface area contributed by atoms with Crippen LogP contribution < -0.4 is 5.32 Å². The van der Waals surface area contributed by atoms with Gasteiger partial charge in [0, 0.05) is 39.7 Å². The molecule has 0 amide bonds. The lowest BCUT2D eigenvalue weighted by Crippen LogP contribution is -2.44. The van der Waals surface area contributed by atoms with Gasteiger partial charge >= 0.3 is 0 Å². The van der Waals surface area contributed by atoms with E-state index in [0.717, 1.165) is 38.1 Å². The second-order valence-corrected chi connectivity index (χ2v) is 6.77. The van der Waals surface area contributed by atoms with Crippen molar-refractivity contribution >= 4 is 29.9 Å². The Hall–Kier alpha value is -0.0800. The lowest BCUT2D eigenvalue weighted by Gasteiger charge is -2.32. The van der Waals surface area contributed by atoms with Crippen LogP contribution >= 0.6 is 24.0 Å². The smallest absolute Gasteiger partial charge is 0.193 e. The predicted octanol–water partition coefficient (Wildman–Crippen LogP) is 2.27. The average molecular weight is 438 g/mol. The van der Waals surface area contributed by atoms with Gasteiger partial charge in [0.15, 0.2) is 5.96 Å². The zero-order chi connectivity index (χ0) is 15.8. The Morgan fingerprint density at radius 2 is 1.87 bits per heavy atom. The fourth-order valence-corrected chi connectivity index (χ4v) is 3.70. The molecule has 2 fully saturated rings. The Kier molecular flexibility index (Phi) is 10.5. The van der Waals surface area contributed by atoms with Crippen LogP contribution in [0.1, 0.15) is 32.6 Å². The zero-order valence-electron chi connectivity index (χ0n) is 15.1. The molecule has 2 saturated heterocycles. The van der Waals surface area contributed by atoms with Crippen molar-refractivity contribution in [1.82, 2.24) is 15.1 Å². The molecule has 2 rings (SSSR count). The summed E-state index contributed by atoms with van der Waals surface area (Å²) >= 11 is 0. The van der Waals surface area contributed by atoms with Gasteiger partial charge in [-0.15, -0.1) is 24.0 Å². The number of halogens is 1. The van der Waals surface area contributed by atoms with Gasteiger partial charge in [-0.2, -0.15) is 0 Å². The third kappa shape index (κ3) is 6.74. The first-order valence-corrected chi connectivity index (χ1v) is 8.93. The SMILES string of the molecule is CCCN1CCC(CNC(=NC)N2CCC(COC)C2)CC1.I. The molecule has 2 aliphatic heterocycles. The van der Waals surface area contributed by atoms with Crippen LogP contribution in [0.15, 0.2) is 4.99 Å². The van der Waals surface area contributed by atoms with Crippen molar-refractivity contribution in [3.63, 3.8) is 0 Å². The molecule has 1 unspecified atom stereocenters. The van der Waals surface area contributed by atoms with Crippen LogP contribution in [-0.4, -0.2) is 75.8 Å². The number of piperidine rings is 1. The highest BCUT2D eigenvalue weighted by Crippen LogP contribution is 2.18. The molecule has 1 N–H and O–H groups in total. The molecule has 5 nitrogen and oxygen atoms in total. The Labute approximate surface area is 159 Å². The first-order chi connectivity index (χ1) is 10.8. The van der Waals surface area contributed by atoms with E-state index in [1.807, 2.05) is 7.05 Å². The normalized spacial score (nSPS) is 23.9. The molecule has 2 aliphatic rings. The van der Waals surface area contributed by atoms with Crippen LogP contribution in [-0.2, 0) is 4.74 Å². The minimum atomic E-state index is 0. The number of nitrogens with zero attached hydrogens (tertiary/aromatic N) is 3. The molecule has 23 heavy (non-hydrogen) atoms. The van der Waals surface area contributed by atoms with Gasteiger partial charge in [0.05, 0.1) is 6.61 Å². The van der Waals surface area contributed by atoms with E-state index in [1.54, 1.807) is 7.11 Å². The van der Waals surface area contributed by atoms with Crippen molar-refractivity contribution in [1.29, 1.82) is 0 Å². The molecule has 0 radical (unpaired) electrons. The molecule has 136 valence electrons. The molecule has 0 spiro atoms. The number of guanidine groups is 1. The van der Waals surface area contributed by atoms with Crippen LogP contribution in [0.2, 0.25) is 0 Å². The number of likely N-dealkylation sites (tertiary alicyclic amines) is 2. The molecule has 0 aromatic carbocycles. The molecule has 0 saturated carbocycles. The monoisotopic (exact) mass is 438 g/mol. The van der Waals surface area contributed by atoms with Gasteiger partial charge < -0.3 is 19.9 Å². The van der Waals surface area contributed by atoms with E-state index in [-0.39, 0.29) is 24.0 Å². The van der Waals surface area contributed by atoms with E-state index >= 15 is 0 Å². The summed E-state index contributed by atoms with van der Waals surface area (Å²) in [7, 11) is 3.69. The second-order valence-electron chi connectivity index (χ2n) is 6.77. The molecule has 2 heterocycles. The van der Waals surface area contributed by atoms with E-state index in [2.05, 4.69) is 27.0 Å². The molecule has 6 heteroatoms. The fraction of sp³-hybridized carbons (Fsp3) is 0.941. The largest absolute Gasteiger partial charge is 0.384 e. The molecule has 0 bridgehead atoms. The number of rotatable bonds is 6. The van der Waals surface area contributed by atoms with Crippen LogP contribution in [0.4, 0.5) is 0 Å². The number of methoxy groups -OCH3 is 1. The Bertz CT molecular complexity index is 345. The first kappa shape index (κ1) is 21.0. The van der Waals surface area contributed by atoms with Crippen molar-refractivity contribution in [2.24, 2.45) is 16.8 Å². The molecular weight excluding hydrogens is 403 g/mol. The summed E-state index contributed by atoms with van der Waals surface area (Å²) in [5.74, 6) is 2.53. The summed E-state index contributed by atoms with van der Waals surface area (Å²) in [6.07, 6.45) is 5.11. The van der Waals surface area contributed by atoms with Crippen molar-refractivity contribution < 1.29 is 4.74 Å². The van der Waals surface area contributed by atoms with Gasteiger partial charge in [-0.25, -0.2) is 0 Å². The summed E-state index contributed by atoms with van der Waals surface area (Å²) in [4.78, 5) is 9.46. The van der Waals surface area contributed by atoms with Gasteiger partial charge in [0.25, 0.3) is 0 Å². The Morgan fingerprint density at radius 1 is 1.17 bits per heavy atom. The average Bonchev–Trinajstić information content (AvgIpc) is 2.99. The van der Waals surface area contributed by atoms with Crippen molar-refractivity contribution in [2.75, 3.05) is 60.0 Å². The van der Waals surface area contributed by atoms with E-state index in [4.69, 9.17) is 4.74 Å². The fourth-order valence-electron chi connectivity index (χ4n) is 3.70. The molecule has 0 aromatic rings. The third-order valence-electron chi connectivity index (χ3n) is 5.00. The minimum absolute atomic E-state index is 0. The number of hydrogen-bond acceptors (Lipinski definition) is 3. The molecule has 0 aromatic heterocycles. The highest BCUT2D eigenvalue weighted by atomic mass is 127. The standard InChI is InChI=1S/C17H34N4O.HI/c1-4-8-20-9-5-15(6-10-20)12-19-17(18-2)21-11-7-16(13-21)14-22-3;/h15-16H,4-14H2,1-3H3,(H,18,19);1H. The highest BCUT2D eigenvalue weighted by molar-refractivity contribution is 14.0. The second kappa shape index (κ2) is 11.5. The summed E-state index contributed by atoms with van der Waals surface area (Å²) < 4.78 is 5.28. The topological polar surface area (TPSA) is 40.1 Å². The summed E-state index contributed by atoms with van der Waals surface area (Å²) in [5.41, 5.74) is 0. The lowest BCUT2D eigenvalue weighted by atomic mass is 9.97. The minimum Gasteiger partial charge on any atom is -0.384 e. The molecule has 0 aliphatic carbocycles. The van der Waals surface area contributed by atoms with Crippen LogP contribution in [0.5, 0.6) is 0 Å². The highest BCUT2D eigenvalue weighted by Gasteiger charge is 2.25. The van der Waals surface area contributed by atoms with Gasteiger partial charge in [-0.05, 0) is 51.2 Å². The maximum Gasteiger partial charge on any atom is 0.193 e. The van der Waals surface area contributed by atoms with Crippen molar-refractivity contribution in [3.05, 3.63) is 0 Å². The molecule has 1 atom stereocenters. The van der Waals surface area contributed by atoms with E-state index in [9.17, 15) is 0 Å². The molecular formula is C17H35IN4O. The van der Waals surface area contributed by atoms with E-state index < -0.39 is 0 Å². The van der Waals surface area contributed by atoms with Gasteiger partial charge in [0.2, 0.25) is 0 Å². The number of hydrogen-bond donors (Lipinski definition) is 1. The number of ether oxygens (including phenoxy) is 1. The first-order valence-electron chi connectivity index (χ1n) is 8.93. The number of nitrogens with one attached hydrogen (secondary N) is 1. The lowest BCUT2D eigenvalue weighted by molar-refractivity contribution is 0.157. The summed E-state index contributed by atoms with van der Waals surface area (Å²) in [5, 5.41) is 3.61. The van der Waals surface area contributed by atoms with Gasteiger partial charge in [-0.3, -0.25) is 4.99 Å².